The number of carbonyl (C=O) groups excluding carboxylic acids is 4. The van der Waals surface area contributed by atoms with Crippen molar-refractivity contribution >= 4 is 41.6 Å². The number of hydrogen-bond donors (Lipinski definition) is 1. The van der Waals surface area contributed by atoms with Gasteiger partial charge in [0.25, 0.3) is 5.91 Å². The number of benzene rings is 2. The second-order valence-electron chi connectivity index (χ2n) is 7.07. The van der Waals surface area contributed by atoms with Crippen molar-refractivity contribution in [2.24, 2.45) is 0 Å². The molecule has 0 radical (unpaired) electrons. The van der Waals surface area contributed by atoms with Gasteiger partial charge >= 0.3 is 18.0 Å². The molecule has 1 aliphatic heterocycles. The lowest BCUT2D eigenvalue weighted by molar-refractivity contribution is -0.123. The summed E-state index contributed by atoms with van der Waals surface area (Å²) in [5.41, 5.74) is 0.689. The number of nitrogens with zero attached hydrogens (tertiary/aromatic N) is 1. The van der Waals surface area contributed by atoms with Crippen LogP contribution in [0.15, 0.2) is 70.8 Å². The molecule has 172 valence electrons. The molecule has 10 heteroatoms. The van der Waals surface area contributed by atoms with Gasteiger partial charge in [0.2, 0.25) is 5.76 Å². The maximum absolute atomic E-state index is 12.8. The van der Waals surface area contributed by atoms with E-state index in [1.54, 1.807) is 36.4 Å². The Balaban J connectivity index is 1.52. The third-order valence-corrected chi connectivity index (χ3v) is 5.08. The lowest BCUT2D eigenvalue weighted by atomic mass is 10.1. The summed E-state index contributed by atoms with van der Waals surface area (Å²) in [5, 5.41) is 2.98. The molecule has 2 heterocycles. The first kappa shape index (κ1) is 22.8. The molecule has 3 aromatic rings. The van der Waals surface area contributed by atoms with Crippen LogP contribution in [-0.2, 0) is 16.1 Å². The highest BCUT2D eigenvalue weighted by molar-refractivity contribution is 6.30. The molecule has 0 spiro atoms. The summed E-state index contributed by atoms with van der Waals surface area (Å²) in [6, 6.07) is 15.0. The molecule has 9 nitrogen and oxygen atoms in total. The molecule has 34 heavy (non-hydrogen) atoms. The summed E-state index contributed by atoms with van der Waals surface area (Å²) < 4.78 is 15.4. The van der Waals surface area contributed by atoms with Crippen molar-refractivity contribution in [1.29, 1.82) is 0 Å². The molecule has 1 N–H and O–H groups in total. The molecule has 0 unspecified atom stereocenters. The molecule has 0 atom stereocenters. The lowest BCUT2D eigenvalue weighted by Crippen LogP contribution is -2.30. The van der Waals surface area contributed by atoms with Crippen LogP contribution < -0.4 is 10.1 Å². The summed E-state index contributed by atoms with van der Waals surface area (Å²) >= 11 is 5.85. The van der Waals surface area contributed by atoms with E-state index in [2.05, 4.69) is 10.1 Å². The summed E-state index contributed by atoms with van der Waals surface area (Å²) in [6.45, 7) is -0.188. The van der Waals surface area contributed by atoms with Crippen LogP contribution in [0.2, 0.25) is 5.02 Å². The molecule has 3 amide bonds. The minimum absolute atomic E-state index is 0.0141. The van der Waals surface area contributed by atoms with E-state index >= 15 is 0 Å². The van der Waals surface area contributed by atoms with E-state index in [0.717, 1.165) is 4.90 Å². The van der Waals surface area contributed by atoms with Crippen LogP contribution in [0.25, 0.3) is 6.08 Å². The molecule has 1 saturated heterocycles. The Kier molecular flexibility index (Phi) is 6.46. The number of amides is 3. The molecule has 1 aromatic heterocycles. The SMILES string of the molecule is COC(=O)c1ccc(CN2C(=O)NC(=Cc3ccccc3OC(=O)c3ccc(Cl)cc3)C2=O)o1. The number of para-hydroxylation sites is 1. The van der Waals surface area contributed by atoms with Gasteiger partial charge in [0, 0.05) is 10.6 Å². The third-order valence-electron chi connectivity index (χ3n) is 4.83. The summed E-state index contributed by atoms with van der Waals surface area (Å²) in [7, 11) is 1.21. The van der Waals surface area contributed by atoms with Crippen molar-refractivity contribution in [3.05, 3.63) is 94.0 Å². The van der Waals surface area contributed by atoms with Gasteiger partial charge in [-0.25, -0.2) is 14.4 Å². The number of esters is 2. The van der Waals surface area contributed by atoms with Gasteiger partial charge in [-0.15, -0.1) is 0 Å². The van der Waals surface area contributed by atoms with Crippen LogP contribution in [0.5, 0.6) is 5.75 Å². The first-order valence-electron chi connectivity index (χ1n) is 9.94. The van der Waals surface area contributed by atoms with E-state index in [-0.39, 0.29) is 29.5 Å². The van der Waals surface area contributed by atoms with Gasteiger partial charge < -0.3 is 19.2 Å². The minimum atomic E-state index is -0.672. The normalized spacial score (nSPS) is 14.3. The summed E-state index contributed by atoms with van der Waals surface area (Å²) in [6.07, 6.45) is 1.41. The monoisotopic (exact) mass is 480 g/mol. The second-order valence-corrected chi connectivity index (χ2v) is 7.51. The predicted molar refractivity (Wildman–Crippen MR) is 120 cm³/mol. The maximum Gasteiger partial charge on any atom is 0.373 e. The van der Waals surface area contributed by atoms with E-state index in [1.807, 2.05) is 0 Å². The molecular formula is C24H17ClN2O7. The third kappa shape index (κ3) is 4.84. The van der Waals surface area contributed by atoms with Crippen LogP contribution in [0.1, 0.15) is 32.2 Å². The maximum atomic E-state index is 12.8. The van der Waals surface area contributed by atoms with Gasteiger partial charge in [-0.1, -0.05) is 29.8 Å². The Morgan fingerprint density at radius 3 is 2.50 bits per heavy atom. The van der Waals surface area contributed by atoms with E-state index < -0.39 is 23.9 Å². The number of halogens is 1. The molecule has 1 aliphatic rings. The lowest BCUT2D eigenvalue weighted by Gasteiger charge is -2.09. The Morgan fingerprint density at radius 2 is 1.76 bits per heavy atom. The predicted octanol–water partition coefficient (Wildman–Crippen LogP) is 4.03. The number of rotatable bonds is 6. The zero-order valence-corrected chi connectivity index (χ0v) is 18.5. The minimum Gasteiger partial charge on any atom is -0.463 e. The van der Waals surface area contributed by atoms with Gasteiger partial charge in [-0.3, -0.25) is 9.69 Å². The number of methoxy groups -OCH3 is 1. The number of nitrogens with one attached hydrogen (secondary N) is 1. The molecule has 2 aromatic carbocycles. The summed E-state index contributed by atoms with van der Waals surface area (Å²) in [4.78, 5) is 50.2. The van der Waals surface area contributed by atoms with Crippen LogP contribution in [-0.4, -0.2) is 35.9 Å². The molecule has 0 bridgehead atoms. The second kappa shape index (κ2) is 9.63. The fraction of sp³-hybridized carbons (Fsp3) is 0.0833. The first-order chi connectivity index (χ1) is 16.4. The van der Waals surface area contributed by atoms with Gasteiger partial charge in [0.05, 0.1) is 19.2 Å². The quantitative estimate of drug-likeness (QED) is 0.245. The van der Waals surface area contributed by atoms with Gasteiger partial charge in [0.1, 0.15) is 17.2 Å². The topological polar surface area (TPSA) is 115 Å². The Labute approximate surface area is 198 Å². The summed E-state index contributed by atoms with van der Waals surface area (Å²) in [5.74, 6) is -1.51. The number of carbonyl (C=O) groups is 4. The van der Waals surface area contributed by atoms with Crippen molar-refractivity contribution in [2.75, 3.05) is 7.11 Å². The van der Waals surface area contributed by atoms with Crippen molar-refractivity contribution in [2.45, 2.75) is 6.54 Å². The Hall–Kier alpha value is -4.37. The van der Waals surface area contributed by atoms with E-state index in [9.17, 15) is 19.2 Å². The van der Waals surface area contributed by atoms with Crippen LogP contribution in [0, 0.1) is 0 Å². The smallest absolute Gasteiger partial charge is 0.373 e. The molecule has 1 fully saturated rings. The average Bonchev–Trinajstić information content (AvgIpc) is 3.40. The van der Waals surface area contributed by atoms with Gasteiger partial charge in [0.15, 0.2) is 0 Å². The molecule has 0 saturated carbocycles. The Morgan fingerprint density at radius 1 is 1.03 bits per heavy atom. The highest BCUT2D eigenvalue weighted by Crippen LogP contribution is 2.25. The van der Waals surface area contributed by atoms with Crippen molar-refractivity contribution in [3.63, 3.8) is 0 Å². The van der Waals surface area contributed by atoms with Crippen molar-refractivity contribution in [1.82, 2.24) is 10.2 Å². The van der Waals surface area contributed by atoms with E-state index in [0.29, 0.717) is 16.1 Å². The molecular weight excluding hydrogens is 464 g/mol. The first-order valence-corrected chi connectivity index (χ1v) is 10.3. The average molecular weight is 481 g/mol. The van der Waals surface area contributed by atoms with Gasteiger partial charge in [-0.2, -0.15) is 0 Å². The fourth-order valence-corrected chi connectivity index (χ4v) is 3.26. The number of urea groups is 1. The van der Waals surface area contributed by atoms with Crippen LogP contribution in [0.4, 0.5) is 4.79 Å². The molecule has 0 aliphatic carbocycles. The van der Waals surface area contributed by atoms with E-state index in [1.165, 1.54) is 37.5 Å². The van der Waals surface area contributed by atoms with Crippen LogP contribution >= 0.6 is 11.6 Å². The number of ether oxygens (including phenoxy) is 2. The van der Waals surface area contributed by atoms with Crippen molar-refractivity contribution in [3.8, 4) is 5.75 Å². The Bertz CT molecular complexity index is 1310. The number of hydrogen-bond acceptors (Lipinski definition) is 7. The zero-order chi connectivity index (χ0) is 24.2. The standard InChI is InChI=1S/C24H17ClN2O7/c1-32-23(30)20-11-10-17(33-20)13-27-21(28)18(26-24(27)31)12-15-4-2-3-5-19(15)34-22(29)14-6-8-16(25)9-7-14/h2-12H,13H2,1H3,(H,26,31). The highest BCUT2D eigenvalue weighted by Gasteiger charge is 2.34. The van der Waals surface area contributed by atoms with Crippen molar-refractivity contribution < 1.29 is 33.1 Å². The number of furan rings is 1. The van der Waals surface area contributed by atoms with Gasteiger partial charge in [-0.05, 0) is 48.5 Å². The molecule has 4 rings (SSSR count). The van der Waals surface area contributed by atoms with Crippen LogP contribution in [0.3, 0.4) is 0 Å². The largest absolute Gasteiger partial charge is 0.463 e. The zero-order valence-electron chi connectivity index (χ0n) is 17.7. The fourth-order valence-electron chi connectivity index (χ4n) is 3.14. The number of imide groups is 1. The van der Waals surface area contributed by atoms with E-state index in [4.69, 9.17) is 20.8 Å². The highest BCUT2D eigenvalue weighted by atomic mass is 35.5.